The normalized spacial score (nSPS) is 11.7. The second-order valence-corrected chi connectivity index (χ2v) is 6.29. The first kappa shape index (κ1) is 17.0. The van der Waals surface area contributed by atoms with Crippen molar-refractivity contribution in [2.45, 2.75) is 0 Å². The summed E-state index contributed by atoms with van der Waals surface area (Å²) in [6.45, 7) is 7.09. The van der Waals surface area contributed by atoms with E-state index in [4.69, 9.17) is 31.2 Å². The minimum Gasteiger partial charge on any atom is -0.445 e. The molecule has 5 rings (SSSR count). The van der Waals surface area contributed by atoms with Gasteiger partial charge in [-0.2, -0.15) is 10.5 Å². The molecule has 0 aliphatic rings. The quantitative estimate of drug-likeness (QED) is 0.295. The monoisotopic (exact) mass is 386 g/mol. The van der Waals surface area contributed by atoms with Crippen molar-refractivity contribution in [3.8, 4) is 18.2 Å². The summed E-state index contributed by atoms with van der Waals surface area (Å²) in [6.07, 6.45) is 0. The number of oxazole rings is 2. The third kappa shape index (κ3) is 2.23. The van der Waals surface area contributed by atoms with E-state index in [-0.39, 0.29) is 22.4 Å². The molecule has 30 heavy (non-hydrogen) atoms. The molecule has 0 N–H and O–H groups in total. The minimum atomic E-state index is -0.210. The van der Waals surface area contributed by atoms with Crippen molar-refractivity contribution in [2.75, 3.05) is 0 Å². The van der Waals surface area contributed by atoms with Gasteiger partial charge in [0.1, 0.15) is 23.2 Å². The zero-order chi connectivity index (χ0) is 20.8. The van der Waals surface area contributed by atoms with E-state index in [0.717, 1.165) is 21.5 Å². The standard InChI is InChI=1S/C22H6N6O2/c1-26-18(10-25)22-28-17-7-5-13-12-4-6-16-19(29-21(27-16)11(8-23)9-24)14(12)2-3-15(13)20(17)30-22/h2-7H/b22-18+. The molecule has 0 amide bonds. The molecule has 8 nitrogen and oxygen atoms in total. The Morgan fingerprint density at radius 3 is 1.73 bits per heavy atom. The van der Waals surface area contributed by atoms with Crippen molar-refractivity contribution in [2.24, 2.45) is 0 Å². The van der Waals surface area contributed by atoms with Crippen LogP contribution in [-0.4, -0.2) is 9.97 Å². The number of aromatic nitrogens is 2. The van der Waals surface area contributed by atoms with Crippen LogP contribution in [0.2, 0.25) is 0 Å². The van der Waals surface area contributed by atoms with Gasteiger partial charge in [-0.15, -0.1) is 0 Å². The van der Waals surface area contributed by atoms with E-state index in [1.807, 2.05) is 24.3 Å². The van der Waals surface area contributed by atoms with Gasteiger partial charge in [-0.3, -0.25) is 0 Å². The molecule has 0 saturated carbocycles. The number of nitriles is 3. The molecule has 0 unspecified atom stereocenters. The molecule has 136 valence electrons. The summed E-state index contributed by atoms with van der Waals surface area (Å²) in [5.74, 6) is 0. The van der Waals surface area contributed by atoms with E-state index in [1.54, 1.807) is 30.3 Å². The fraction of sp³-hybridized carbons (Fsp3) is 0. The summed E-state index contributed by atoms with van der Waals surface area (Å²) in [5, 5.41) is 30.5. The lowest BCUT2D eigenvalue weighted by Gasteiger charge is -2.04. The third-order valence-electron chi connectivity index (χ3n) is 4.76. The van der Waals surface area contributed by atoms with Crippen molar-refractivity contribution in [1.82, 2.24) is 9.97 Å². The van der Waals surface area contributed by atoms with Crippen LogP contribution in [-0.2, 0) is 0 Å². The van der Waals surface area contributed by atoms with Crippen LogP contribution in [0, 0.1) is 40.6 Å². The summed E-state index contributed by atoms with van der Waals surface area (Å²) in [7, 11) is 0. The van der Waals surface area contributed by atoms with Crippen LogP contribution in [0.15, 0.2) is 45.2 Å². The minimum absolute atomic E-state index is 0.0125. The van der Waals surface area contributed by atoms with Crippen LogP contribution in [0.4, 0.5) is 0 Å². The average molecular weight is 386 g/mol. The number of hydrogen-bond acceptors (Lipinski definition) is 7. The molecule has 2 heterocycles. The molecule has 0 radical (unpaired) electrons. The van der Waals surface area contributed by atoms with Gasteiger partial charge in [0.2, 0.25) is 11.1 Å². The fourth-order valence-electron chi connectivity index (χ4n) is 3.44. The first-order valence-electron chi connectivity index (χ1n) is 8.56. The molecule has 2 aromatic heterocycles. The second kappa shape index (κ2) is 6.17. The van der Waals surface area contributed by atoms with Crippen LogP contribution in [0.1, 0.15) is 0 Å². The van der Waals surface area contributed by atoms with Crippen LogP contribution in [0.3, 0.4) is 0 Å². The highest BCUT2D eigenvalue weighted by molar-refractivity contribution is 6.19. The molecular weight excluding hydrogens is 380 g/mol. The lowest BCUT2D eigenvalue weighted by atomic mass is 10.0. The van der Waals surface area contributed by atoms with Gasteiger partial charge in [0, 0.05) is 10.8 Å². The molecular formula is C22H6N6O2. The maximum Gasteiger partial charge on any atom is 0.322 e. The Hall–Kier alpha value is -5.18. The van der Waals surface area contributed by atoms with Crippen molar-refractivity contribution in [1.29, 1.82) is 15.8 Å². The maximum atomic E-state index is 9.08. The van der Waals surface area contributed by atoms with Crippen LogP contribution >= 0.6 is 0 Å². The highest BCUT2D eigenvalue weighted by Gasteiger charge is 2.14. The molecule has 0 fully saturated rings. The van der Waals surface area contributed by atoms with Crippen molar-refractivity contribution >= 4 is 55.0 Å². The van der Waals surface area contributed by atoms with E-state index in [1.165, 1.54) is 0 Å². The van der Waals surface area contributed by atoms with Crippen LogP contribution in [0.5, 0.6) is 0 Å². The average Bonchev–Trinajstić information content (AvgIpc) is 3.39. The zero-order valence-corrected chi connectivity index (χ0v) is 15.0. The van der Waals surface area contributed by atoms with Crippen LogP contribution < -0.4 is 11.1 Å². The molecule has 8 heteroatoms. The summed E-state index contributed by atoms with van der Waals surface area (Å²) >= 11 is 0. The predicted molar refractivity (Wildman–Crippen MR) is 106 cm³/mol. The van der Waals surface area contributed by atoms with Crippen LogP contribution in [0.25, 0.3) is 59.9 Å². The van der Waals surface area contributed by atoms with Crippen molar-refractivity contribution in [3.05, 3.63) is 58.9 Å². The van der Waals surface area contributed by atoms with E-state index < -0.39 is 0 Å². The Bertz CT molecular complexity index is 1680. The summed E-state index contributed by atoms with van der Waals surface area (Å²) < 4.78 is 11.5. The lowest BCUT2D eigenvalue weighted by molar-refractivity contribution is 0.561. The summed E-state index contributed by atoms with van der Waals surface area (Å²) in [4.78, 5) is 11.6. The highest BCUT2D eigenvalue weighted by Crippen LogP contribution is 2.33. The molecule has 0 bridgehead atoms. The smallest absolute Gasteiger partial charge is 0.322 e. The largest absolute Gasteiger partial charge is 0.445 e. The molecule has 5 aromatic rings. The van der Waals surface area contributed by atoms with E-state index in [9.17, 15) is 0 Å². The number of nitrogens with zero attached hydrogens (tertiary/aromatic N) is 6. The molecule has 0 aliphatic heterocycles. The Morgan fingerprint density at radius 1 is 0.733 bits per heavy atom. The van der Waals surface area contributed by atoms with Gasteiger partial charge in [-0.05, 0) is 35.0 Å². The molecule has 0 saturated heterocycles. The lowest BCUT2D eigenvalue weighted by Crippen LogP contribution is -2.03. The van der Waals surface area contributed by atoms with Gasteiger partial charge in [0.05, 0.1) is 12.6 Å². The SMILES string of the molecule is [C-]#[N+]/C(C#N)=c1\nc2ccc3c4ccc5nc(=C(C#N)C#N)oc5c4ccc3c2o1. The van der Waals surface area contributed by atoms with Gasteiger partial charge in [0.15, 0.2) is 16.7 Å². The predicted octanol–water partition coefficient (Wildman–Crippen LogP) is 3.02. The third-order valence-corrected chi connectivity index (χ3v) is 4.76. The highest BCUT2D eigenvalue weighted by atomic mass is 16.3. The first-order valence-corrected chi connectivity index (χ1v) is 8.56. The summed E-state index contributed by atoms with van der Waals surface area (Å²) in [5.41, 5.74) is 1.59. The van der Waals surface area contributed by atoms with Gasteiger partial charge >= 0.3 is 5.70 Å². The maximum absolute atomic E-state index is 9.08. The van der Waals surface area contributed by atoms with Crippen molar-refractivity contribution in [3.63, 3.8) is 0 Å². The Labute approximate surface area is 167 Å². The fourth-order valence-corrected chi connectivity index (χ4v) is 3.44. The van der Waals surface area contributed by atoms with E-state index in [2.05, 4.69) is 14.8 Å². The Kier molecular flexibility index (Phi) is 3.49. The summed E-state index contributed by atoms with van der Waals surface area (Å²) in [6, 6.07) is 16.3. The zero-order valence-electron chi connectivity index (χ0n) is 15.0. The molecule has 0 aliphatic carbocycles. The van der Waals surface area contributed by atoms with Gasteiger partial charge in [-0.1, -0.05) is 12.1 Å². The number of rotatable bonds is 0. The molecule has 3 aromatic carbocycles. The van der Waals surface area contributed by atoms with Gasteiger partial charge in [0.25, 0.3) is 0 Å². The Morgan fingerprint density at radius 2 is 1.23 bits per heavy atom. The molecule has 0 spiro atoms. The van der Waals surface area contributed by atoms with Gasteiger partial charge < -0.3 is 8.83 Å². The second-order valence-electron chi connectivity index (χ2n) is 6.29. The van der Waals surface area contributed by atoms with E-state index in [0.29, 0.717) is 22.2 Å². The molecule has 0 atom stereocenters. The number of benzene rings is 3. The van der Waals surface area contributed by atoms with Crippen molar-refractivity contribution < 1.29 is 8.83 Å². The van der Waals surface area contributed by atoms with E-state index >= 15 is 0 Å². The number of fused-ring (bicyclic) bond motifs is 7. The van der Waals surface area contributed by atoms with Gasteiger partial charge in [-0.25, -0.2) is 20.1 Å². The first-order chi connectivity index (χ1) is 14.7. The number of hydrogen-bond donors (Lipinski definition) is 0. The Balaban J connectivity index is 1.91. The topological polar surface area (TPSA) is 128 Å².